The number of carboxylic acids is 1. The minimum absolute atomic E-state index is 0. The maximum absolute atomic E-state index is 12.2. The number of likely N-dealkylation sites (tertiary alicyclic amines) is 1. The van der Waals surface area contributed by atoms with E-state index in [-0.39, 0.29) is 37.6 Å². The first-order valence-corrected chi connectivity index (χ1v) is 8.68. The lowest BCUT2D eigenvalue weighted by Gasteiger charge is -2.23. The van der Waals surface area contributed by atoms with E-state index in [1.165, 1.54) is 0 Å². The van der Waals surface area contributed by atoms with Crippen LogP contribution in [-0.2, 0) is 16.1 Å². The summed E-state index contributed by atoms with van der Waals surface area (Å²) in [7, 11) is 0. The maximum Gasteiger partial charge on any atom is 0.311 e. The fourth-order valence-corrected chi connectivity index (χ4v) is 4.37. The largest absolute Gasteiger partial charge is 0.481 e. The van der Waals surface area contributed by atoms with Crippen molar-refractivity contribution in [1.82, 2.24) is 10.2 Å². The highest BCUT2D eigenvalue weighted by Crippen LogP contribution is 2.48. The summed E-state index contributed by atoms with van der Waals surface area (Å²) in [6.07, 6.45) is 2.64. The molecule has 1 aromatic rings. The van der Waals surface area contributed by atoms with Crippen molar-refractivity contribution in [3.8, 4) is 11.5 Å². The number of nitrogens with one attached hydrogen (secondary N) is 1. The molecule has 0 radical (unpaired) electrons. The molecule has 2 heterocycles. The van der Waals surface area contributed by atoms with Crippen LogP contribution in [-0.4, -0.2) is 48.3 Å². The molecule has 2 aliphatic heterocycles. The summed E-state index contributed by atoms with van der Waals surface area (Å²) in [5.41, 5.74) is 0.301. The van der Waals surface area contributed by atoms with Crippen molar-refractivity contribution in [3.05, 3.63) is 23.8 Å². The molecule has 1 aromatic carbocycles. The van der Waals surface area contributed by atoms with Crippen molar-refractivity contribution >= 4 is 24.3 Å². The van der Waals surface area contributed by atoms with Crippen LogP contribution >= 0.6 is 12.4 Å². The molecule has 8 heteroatoms. The molecule has 1 saturated heterocycles. The predicted octanol–water partition coefficient (Wildman–Crippen LogP) is 1.64. The molecule has 1 amide bonds. The van der Waals surface area contributed by atoms with Gasteiger partial charge in [-0.3, -0.25) is 14.5 Å². The van der Waals surface area contributed by atoms with Crippen LogP contribution < -0.4 is 14.8 Å². The Labute approximate surface area is 158 Å². The standard InChI is InChI=1S/C18H22N2O5.ClH/c21-16(19-7-12-3-4-14-15(6-12)25-11-24-14)9-20-8-13-2-1-5-18(13,10-20)17(22)23;/h3-4,6,13H,1-2,5,7-11H2,(H,19,21)(H,22,23);1H/t13-,18+;/m0./s1. The molecule has 0 spiro atoms. The summed E-state index contributed by atoms with van der Waals surface area (Å²) >= 11 is 0. The Balaban J connectivity index is 0.00000196. The van der Waals surface area contributed by atoms with Crippen molar-refractivity contribution in [3.63, 3.8) is 0 Å². The Bertz CT molecular complexity index is 713. The molecule has 142 valence electrons. The summed E-state index contributed by atoms with van der Waals surface area (Å²) < 4.78 is 10.6. The van der Waals surface area contributed by atoms with Crippen LogP contribution in [0.1, 0.15) is 24.8 Å². The molecule has 3 aliphatic rings. The van der Waals surface area contributed by atoms with E-state index in [2.05, 4.69) is 5.32 Å². The maximum atomic E-state index is 12.2. The highest BCUT2D eigenvalue weighted by Gasteiger charge is 2.54. The third kappa shape index (κ3) is 3.33. The van der Waals surface area contributed by atoms with Crippen molar-refractivity contribution in [2.45, 2.75) is 25.8 Å². The zero-order valence-corrected chi connectivity index (χ0v) is 15.2. The molecule has 0 aromatic heterocycles. The Kier molecular flexibility index (Phi) is 5.29. The van der Waals surface area contributed by atoms with Crippen LogP contribution in [0.5, 0.6) is 11.5 Å². The predicted molar refractivity (Wildman–Crippen MR) is 95.5 cm³/mol. The molecule has 4 rings (SSSR count). The van der Waals surface area contributed by atoms with Crippen LogP contribution in [0.15, 0.2) is 18.2 Å². The summed E-state index contributed by atoms with van der Waals surface area (Å²) in [6, 6.07) is 5.60. The van der Waals surface area contributed by atoms with Gasteiger partial charge in [-0.05, 0) is 36.5 Å². The van der Waals surface area contributed by atoms with Crippen LogP contribution in [0.25, 0.3) is 0 Å². The molecule has 2 atom stereocenters. The summed E-state index contributed by atoms with van der Waals surface area (Å²) in [6.45, 7) is 2.06. The molecular formula is C18H23ClN2O5. The van der Waals surface area contributed by atoms with E-state index in [1.807, 2.05) is 23.1 Å². The average molecular weight is 383 g/mol. The fraction of sp³-hybridized carbons (Fsp3) is 0.556. The highest BCUT2D eigenvalue weighted by atomic mass is 35.5. The number of carbonyl (C=O) groups is 2. The average Bonchev–Trinajstić information content (AvgIpc) is 3.25. The number of halogens is 1. The van der Waals surface area contributed by atoms with Gasteiger partial charge in [0.2, 0.25) is 12.7 Å². The number of ether oxygens (including phenoxy) is 2. The first-order valence-electron chi connectivity index (χ1n) is 8.68. The molecule has 1 aliphatic carbocycles. The third-order valence-electron chi connectivity index (χ3n) is 5.66. The van der Waals surface area contributed by atoms with Gasteiger partial charge in [-0.1, -0.05) is 12.5 Å². The van der Waals surface area contributed by atoms with E-state index in [4.69, 9.17) is 9.47 Å². The van der Waals surface area contributed by atoms with Crippen molar-refractivity contribution < 1.29 is 24.2 Å². The highest BCUT2D eigenvalue weighted by molar-refractivity contribution is 5.85. The molecule has 0 bridgehead atoms. The van der Waals surface area contributed by atoms with Crippen LogP contribution in [0.4, 0.5) is 0 Å². The second kappa shape index (κ2) is 7.32. The number of rotatable bonds is 5. The zero-order valence-electron chi connectivity index (χ0n) is 14.4. The Morgan fingerprint density at radius 1 is 1.31 bits per heavy atom. The van der Waals surface area contributed by atoms with Gasteiger partial charge in [0.25, 0.3) is 0 Å². The number of fused-ring (bicyclic) bond motifs is 2. The van der Waals surface area contributed by atoms with Gasteiger partial charge in [-0.25, -0.2) is 0 Å². The minimum Gasteiger partial charge on any atom is -0.481 e. The molecule has 7 nitrogen and oxygen atoms in total. The summed E-state index contributed by atoms with van der Waals surface area (Å²) in [4.78, 5) is 25.9. The van der Waals surface area contributed by atoms with E-state index in [0.29, 0.717) is 25.4 Å². The van der Waals surface area contributed by atoms with E-state index < -0.39 is 11.4 Å². The number of benzene rings is 1. The monoisotopic (exact) mass is 382 g/mol. The van der Waals surface area contributed by atoms with Gasteiger partial charge in [0.15, 0.2) is 11.5 Å². The number of carbonyl (C=O) groups excluding carboxylic acids is 1. The van der Waals surface area contributed by atoms with Gasteiger partial charge in [0, 0.05) is 19.6 Å². The molecule has 26 heavy (non-hydrogen) atoms. The molecule has 1 saturated carbocycles. The van der Waals surface area contributed by atoms with Crippen LogP contribution in [0.2, 0.25) is 0 Å². The Hall–Kier alpha value is -1.99. The zero-order chi connectivity index (χ0) is 17.4. The molecule has 0 unspecified atom stereocenters. The number of hydrogen-bond acceptors (Lipinski definition) is 5. The Morgan fingerprint density at radius 2 is 2.12 bits per heavy atom. The lowest BCUT2D eigenvalue weighted by molar-refractivity contribution is -0.149. The van der Waals surface area contributed by atoms with Gasteiger partial charge < -0.3 is 19.9 Å². The molecule has 2 N–H and O–H groups in total. The molecular weight excluding hydrogens is 360 g/mol. The van der Waals surface area contributed by atoms with Crippen LogP contribution in [0, 0.1) is 11.3 Å². The van der Waals surface area contributed by atoms with Gasteiger partial charge in [0.1, 0.15) is 0 Å². The normalized spacial score (nSPS) is 26.2. The lowest BCUT2D eigenvalue weighted by Crippen LogP contribution is -2.39. The number of aliphatic carboxylic acids is 1. The topological polar surface area (TPSA) is 88.1 Å². The summed E-state index contributed by atoms with van der Waals surface area (Å²) in [5.74, 6) is 0.795. The van der Waals surface area contributed by atoms with Crippen LogP contribution in [0.3, 0.4) is 0 Å². The van der Waals surface area contributed by atoms with Crippen molar-refractivity contribution in [2.24, 2.45) is 11.3 Å². The number of hydrogen-bond donors (Lipinski definition) is 2. The number of carboxylic acid groups (broad SMARTS) is 1. The van der Waals surface area contributed by atoms with E-state index >= 15 is 0 Å². The SMILES string of the molecule is Cl.O=C(CN1C[C@@H]2CCC[C@@]2(C(=O)O)C1)NCc1ccc2c(c1)OCO2. The van der Waals surface area contributed by atoms with E-state index in [0.717, 1.165) is 30.6 Å². The lowest BCUT2D eigenvalue weighted by atomic mass is 9.81. The number of nitrogens with zero attached hydrogens (tertiary/aromatic N) is 1. The van der Waals surface area contributed by atoms with Gasteiger partial charge in [0.05, 0.1) is 12.0 Å². The van der Waals surface area contributed by atoms with E-state index in [9.17, 15) is 14.7 Å². The minimum atomic E-state index is -0.710. The second-order valence-corrected chi connectivity index (χ2v) is 7.18. The molecule has 2 fully saturated rings. The van der Waals surface area contributed by atoms with Gasteiger partial charge in [-0.2, -0.15) is 0 Å². The van der Waals surface area contributed by atoms with Crippen molar-refractivity contribution in [2.75, 3.05) is 26.4 Å². The summed E-state index contributed by atoms with van der Waals surface area (Å²) in [5, 5.41) is 12.5. The van der Waals surface area contributed by atoms with Crippen molar-refractivity contribution in [1.29, 1.82) is 0 Å². The van der Waals surface area contributed by atoms with Gasteiger partial charge >= 0.3 is 5.97 Å². The second-order valence-electron chi connectivity index (χ2n) is 7.18. The fourth-order valence-electron chi connectivity index (χ4n) is 4.37. The Morgan fingerprint density at radius 3 is 2.88 bits per heavy atom. The third-order valence-corrected chi connectivity index (χ3v) is 5.66. The van der Waals surface area contributed by atoms with Gasteiger partial charge in [-0.15, -0.1) is 12.4 Å². The smallest absolute Gasteiger partial charge is 0.311 e. The number of amides is 1. The first-order chi connectivity index (χ1) is 12.1. The quantitative estimate of drug-likeness (QED) is 0.805. The van der Waals surface area contributed by atoms with E-state index in [1.54, 1.807) is 0 Å². The first kappa shape index (κ1) is 18.8.